The van der Waals surface area contributed by atoms with Crippen LogP contribution in [0.3, 0.4) is 0 Å². The molecular weight excluding hydrogens is 460 g/mol. The summed E-state index contributed by atoms with van der Waals surface area (Å²) < 4.78 is 5.89. The fourth-order valence-electron chi connectivity index (χ4n) is 8.10. The third-order valence-electron chi connectivity index (χ3n) is 10.0. The zero-order valence-corrected chi connectivity index (χ0v) is 22.4. The molecular formula is C33H42O4. The third kappa shape index (κ3) is 4.91. The van der Waals surface area contributed by atoms with Crippen molar-refractivity contribution in [1.82, 2.24) is 0 Å². The fourth-order valence-corrected chi connectivity index (χ4v) is 8.10. The molecule has 1 aromatic rings. The average Bonchev–Trinajstić information content (AvgIpc) is 3.36. The Kier molecular flexibility index (Phi) is 7.35. The standard InChI is InChI=1S/C33H42O4/c1-20(17-30-31(22(3)32(36)37-30)24-9-6-5-7-10-24)27-14-15-28-23(11-8-16-33(27,28)4)12-13-25-18-26(34)19-29(35)21(25)2/h5-7,9-10,12-13,20,26-31,34-35H,2-3,8,11,14-19H2,1,4H3/b23-12+,25-13-/t20-,26-,27-,28+,29+,30-,31-,33-/m1/s1. The molecule has 4 nitrogen and oxygen atoms in total. The van der Waals surface area contributed by atoms with Gasteiger partial charge in [-0.1, -0.05) is 75.1 Å². The van der Waals surface area contributed by atoms with Gasteiger partial charge in [0.25, 0.3) is 0 Å². The van der Waals surface area contributed by atoms with Crippen molar-refractivity contribution >= 4 is 5.97 Å². The summed E-state index contributed by atoms with van der Waals surface area (Å²) in [5.74, 6) is 1.24. The van der Waals surface area contributed by atoms with E-state index in [1.54, 1.807) is 0 Å². The number of cyclic esters (lactones) is 1. The SMILES string of the molecule is C=C1C(=O)O[C@H](C[C@@H](C)[C@H]2CC[C@H]3/C(=C/C=C4/C[C@@H](O)C[C@H](O)C4=C)CCC[C@]23C)[C@H]1c1ccccc1. The van der Waals surface area contributed by atoms with E-state index in [0.29, 0.717) is 36.2 Å². The highest BCUT2D eigenvalue weighted by molar-refractivity contribution is 5.92. The second-order valence-corrected chi connectivity index (χ2v) is 12.2. The van der Waals surface area contributed by atoms with Crippen LogP contribution in [0.1, 0.15) is 76.7 Å². The maximum atomic E-state index is 12.5. The minimum atomic E-state index is -0.651. The smallest absolute Gasteiger partial charge is 0.334 e. The largest absolute Gasteiger partial charge is 0.458 e. The number of carbonyl (C=O) groups is 1. The van der Waals surface area contributed by atoms with E-state index in [9.17, 15) is 15.0 Å². The Morgan fingerprint density at radius 2 is 1.89 bits per heavy atom. The lowest BCUT2D eigenvalue weighted by molar-refractivity contribution is -0.139. The Morgan fingerprint density at radius 3 is 2.65 bits per heavy atom. The van der Waals surface area contributed by atoms with Crippen LogP contribution in [-0.2, 0) is 9.53 Å². The zero-order chi connectivity index (χ0) is 26.3. The van der Waals surface area contributed by atoms with Gasteiger partial charge in [-0.3, -0.25) is 0 Å². The predicted molar refractivity (Wildman–Crippen MR) is 147 cm³/mol. The fraction of sp³-hybridized carbons (Fsp3) is 0.545. The summed E-state index contributed by atoms with van der Waals surface area (Å²) in [4.78, 5) is 12.5. The molecule has 0 amide bonds. The van der Waals surface area contributed by atoms with Gasteiger partial charge >= 0.3 is 5.97 Å². The first-order valence-corrected chi connectivity index (χ1v) is 14.1. The van der Waals surface area contributed by atoms with E-state index in [1.165, 1.54) is 31.3 Å². The highest BCUT2D eigenvalue weighted by Gasteiger charge is 2.52. The monoisotopic (exact) mass is 502 g/mol. The molecule has 37 heavy (non-hydrogen) atoms. The lowest BCUT2D eigenvalue weighted by atomic mass is 9.60. The van der Waals surface area contributed by atoms with Crippen molar-refractivity contribution in [2.75, 3.05) is 0 Å². The van der Waals surface area contributed by atoms with E-state index in [2.05, 4.69) is 51.3 Å². The van der Waals surface area contributed by atoms with Gasteiger partial charge in [-0.05, 0) is 84.8 Å². The highest BCUT2D eigenvalue weighted by atomic mass is 16.6. The van der Waals surface area contributed by atoms with Gasteiger partial charge in [0, 0.05) is 12.0 Å². The molecule has 8 atom stereocenters. The lowest BCUT2D eigenvalue weighted by Crippen LogP contribution is -2.37. The number of allylic oxidation sites excluding steroid dienone is 3. The van der Waals surface area contributed by atoms with Crippen LogP contribution in [0.25, 0.3) is 0 Å². The van der Waals surface area contributed by atoms with Gasteiger partial charge in [-0.25, -0.2) is 4.79 Å². The number of aliphatic hydroxyl groups is 2. The number of benzene rings is 1. The van der Waals surface area contributed by atoms with E-state index >= 15 is 0 Å². The summed E-state index contributed by atoms with van der Waals surface area (Å²) in [7, 11) is 0. The van der Waals surface area contributed by atoms with Crippen LogP contribution in [0, 0.1) is 23.2 Å². The molecule has 0 spiro atoms. The molecule has 0 radical (unpaired) electrons. The van der Waals surface area contributed by atoms with Gasteiger partial charge in [-0.2, -0.15) is 0 Å². The molecule has 1 saturated heterocycles. The van der Waals surface area contributed by atoms with Gasteiger partial charge in [0.2, 0.25) is 0 Å². The summed E-state index contributed by atoms with van der Waals surface area (Å²) >= 11 is 0. The quantitative estimate of drug-likeness (QED) is 0.360. The Morgan fingerprint density at radius 1 is 1.14 bits per heavy atom. The summed E-state index contributed by atoms with van der Waals surface area (Å²) in [6.45, 7) is 13.0. The molecule has 5 rings (SSSR count). The van der Waals surface area contributed by atoms with Crippen molar-refractivity contribution < 1.29 is 19.7 Å². The van der Waals surface area contributed by atoms with Crippen LogP contribution in [-0.4, -0.2) is 34.5 Å². The number of hydrogen-bond donors (Lipinski definition) is 2. The number of aliphatic hydroxyl groups excluding tert-OH is 2. The third-order valence-corrected chi connectivity index (χ3v) is 10.0. The first-order valence-electron chi connectivity index (χ1n) is 14.1. The molecule has 198 valence electrons. The number of esters is 1. The van der Waals surface area contributed by atoms with Crippen molar-refractivity contribution in [3.8, 4) is 0 Å². The van der Waals surface area contributed by atoms with Crippen LogP contribution >= 0.6 is 0 Å². The van der Waals surface area contributed by atoms with Crippen molar-refractivity contribution in [2.24, 2.45) is 23.2 Å². The molecule has 2 N–H and O–H groups in total. The molecule has 3 aliphatic carbocycles. The number of fused-ring (bicyclic) bond motifs is 1. The molecule has 0 unspecified atom stereocenters. The van der Waals surface area contributed by atoms with Gasteiger partial charge in [0.05, 0.1) is 18.1 Å². The molecule has 4 aliphatic rings. The maximum Gasteiger partial charge on any atom is 0.334 e. The number of hydrogen-bond acceptors (Lipinski definition) is 4. The first-order chi connectivity index (χ1) is 17.7. The van der Waals surface area contributed by atoms with Gasteiger partial charge in [0.1, 0.15) is 6.10 Å². The van der Waals surface area contributed by atoms with Gasteiger partial charge < -0.3 is 14.9 Å². The highest BCUT2D eigenvalue weighted by Crippen LogP contribution is 2.60. The molecule has 0 aromatic heterocycles. The lowest BCUT2D eigenvalue weighted by Gasteiger charge is -2.44. The Hall–Kier alpha value is -2.43. The van der Waals surface area contributed by atoms with Crippen LogP contribution < -0.4 is 0 Å². The maximum absolute atomic E-state index is 12.5. The van der Waals surface area contributed by atoms with Crippen LogP contribution in [0.2, 0.25) is 0 Å². The van der Waals surface area contributed by atoms with Crippen molar-refractivity contribution in [1.29, 1.82) is 0 Å². The minimum absolute atomic E-state index is 0.0658. The van der Waals surface area contributed by atoms with Crippen LogP contribution in [0.15, 0.2) is 77.9 Å². The normalized spacial score (nSPS) is 39.2. The molecule has 3 saturated carbocycles. The Labute approximate surface area is 221 Å². The molecule has 4 heteroatoms. The van der Waals surface area contributed by atoms with Crippen molar-refractivity contribution in [3.05, 3.63) is 83.5 Å². The minimum Gasteiger partial charge on any atom is -0.458 e. The topological polar surface area (TPSA) is 66.8 Å². The summed E-state index contributed by atoms with van der Waals surface area (Å²) in [5.41, 5.74) is 5.15. The molecule has 4 fully saturated rings. The number of rotatable bonds is 5. The van der Waals surface area contributed by atoms with Crippen LogP contribution in [0.5, 0.6) is 0 Å². The Bertz CT molecular complexity index is 1110. The van der Waals surface area contributed by atoms with Gasteiger partial charge in [-0.15, -0.1) is 0 Å². The van der Waals surface area contributed by atoms with Crippen molar-refractivity contribution in [3.63, 3.8) is 0 Å². The number of carbonyl (C=O) groups excluding carboxylic acids is 1. The zero-order valence-electron chi connectivity index (χ0n) is 22.4. The summed E-state index contributed by atoms with van der Waals surface area (Å²) in [6.07, 6.45) is 10.8. The second-order valence-electron chi connectivity index (χ2n) is 12.2. The van der Waals surface area contributed by atoms with E-state index < -0.39 is 12.2 Å². The first kappa shape index (κ1) is 26.2. The molecule has 1 aliphatic heterocycles. The van der Waals surface area contributed by atoms with E-state index in [-0.39, 0.29) is 23.4 Å². The van der Waals surface area contributed by atoms with Gasteiger partial charge in [0.15, 0.2) is 0 Å². The van der Waals surface area contributed by atoms with E-state index in [0.717, 1.165) is 29.6 Å². The number of ether oxygens (including phenoxy) is 1. The summed E-state index contributed by atoms with van der Waals surface area (Å²) in [5, 5.41) is 20.4. The molecule has 0 bridgehead atoms. The summed E-state index contributed by atoms with van der Waals surface area (Å²) in [6, 6.07) is 10.2. The molecule has 1 aromatic carbocycles. The predicted octanol–water partition coefficient (Wildman–Crippen LogP) is 6.42. The second kappa shape index (κ2) is 10.4. The van der Waals surface area contributed by atoms with E-state index in [4.69, 9.17) is 4.74 Å². The van der Waals surface area contributed by atoms with E-state index in [1.807, 2.05) is 18.2 Å². The molecule has 1 heterocycles. The van der Waals surface area contributed by atoms with Crippen LogP contribution in [0.4, 0.5) is 0 Å². The van der Waals surface area contributed by atoms with Crippen molar-refractivity contribution in [2.45, 2.75) is 89.4 Å². The Balaban J connectivity index is 1.33. The average molecular weight is 503 g/mol.